The van der Waals surface area contributed by atoms with Crippen LogP contribution in [0.1, 0.15) is 33.6 Å². The van der Waals surface area contributed by atoms with Gasteiger partial charge < -0.3 is 23.7 Å². The highest BCUT2D eigenvalue weighted by atomic mass is 16.5. The van der Waals surface area contributed by atoms with Crippen molar-refractivity contribution in [1.29, 1.82) is 0 Å². The molecule has 0 aromatic heterocycles. The third kappa shape index (κ3) is 17.8. The lowest BCUT2D eigenvalue weighted by molar-refractivity contribution is 0.0105. The molecule has 0 aliphatic heterocycles. The highest BCUT2D eigenvalue weighted by Gasteiger charge is 1.94. The molecule has 0 unspecified atom stereocenters. The van der Waals surface area contributed by atoms with E-state index in [9.17, 15) is 0 Å². The summed E-state index contributed by atoms with van der Waals surface area (Å²) in [6.07, 6.45) is 2.12. The largest absolute Gasteiger partial charge is 0.381 e. The molecule has 0 rings (SSSR count). The van der Waals surface area contributed by atoms with Gasteiger partial charge in [0.15, 0.2) is 0 Å². The predicted octanol–water partition coefficient (Wildman–Crippen LogP) is 2.28. The van der Waals surface area contributed by atoms with E-state index in [2.05, 4.69) is 0 Å². The van der Waals surface area contributed by atoms with E-state index in [1.54, 1.807) is 0 Å². The summed E-state index contributed by atoms with van der Waals surface area (Å²) in [5, 5.41) is 0. The zero-order chi connectivity index (χ0) is 14.9. The molecule has 5 nitrogen and oxygen atoms in total. The first kappa shape index (κ1) is 19.8. The maximum absolute atomic E-state index is 5.48. The molecule has 0 heterocycles. The lowest BCUT2D eigenvalue weighted by Gasteiger charge is -2.08. The average molecular weight is 292 g/mol. The summed E-state index contributed by atoms with van der Waals surface area (Å²) < 4.78 is 26.8. The molecule has 0 bridgehead atoms. The molecule has 122 valence electrons. The Balaban J connectivity index is 2.92. The van der Waals surface area contributed by atoms with E-state index >= 15 is 0 Å². The number of rotatable bonds is 16. The van der Waals surface area contributed by atoms with Crippen molar-refractivity contribution in [1.82, 2.24) is 0 Å². The summed E-state index contributed by atoms with van der Waals surface area (Å²) in [4.78, 5) is 0. The summed E-state index contributed by atoms with van der Waals surface area (Å²) in [7, 11) is 0. The van der Waals surface area contributed by atoms with E-state index in [0.717, 1.165) is 45.9 Å². The average Bonchev–Trinajstić information content (AvgIpc) is 2.43. The molecule has 0 N–H and O–H groups in total. The monoisotopic (exact) mass is 292 g/mol. The van der Waals surface area contributed by atoms with Crippen molar-refractivity contribution in [2.45, 2.75) is 39.7 Å². The molecule has 20 heavy (non-hydrogen) atoms. The van der Waals surface area contributed by atoms with Gasteiger partial charge in [0.2, 0.25) is 0 Å². The number of hydrogen-bond donors (Lipinski definition) is 0. The van der Waals surface area contributed by atoms with Gasteiger partial charge in [-0.3, -0.25) is 0 Å². The molecule has 0 fully saturated rings. The lowest BCUT2D eigenvalue weighted by atomic mass is 10.4. The van der Waals surface area contributed by atoms with Crippen molar-refractivity contribution in [3.05, 3.63) is 0 Å². The highest BCUT2D eigenvalue weighted by Crippen LogP contribution is 1.91. The Morgan fingerprint density at radius 2 is 1.05 bits per heavy atom. The fraction of sp³-hybridized carbons (Fsp3) is 1.00. The molecule has 0 aromatic rings. The molecular formula is C15H32O5. The van der Waals surface area contributed by atoms with Crippen LogP contribution >= 0.6 is 0 Å². The van der Waals surface area contributed by atoms with Crippen molar-refractivity contribution in [2.24, 2.45) is 0 Å². The van der Waals surface area contributed by atoms with E-state index in [1.807, 2.05) is 20.8 Å². The summed E-state index contributed by atoms with van der Waals surface area (Å²) in [5.74, 6) is 0. The molecule has 0 aromatic carbocycles. The molecule has 0 radical (unpaired) electrons. The standard InChI is InChI=1S/C15H32O5/c1-4-16-11-12-18-9-5-7-17-8-6-10-19-13-14-20-15(2)3/h15H,4-14H2,1-3H3. The molecule has 5 heteroatoms. The molecular weight excluding hydrogens is 260 g/mol. The molecule has 0 aliphatic carbocycles. The van der Waals surface area contributed by atoms with E-state index < -0.39 is 0 Å². The van der Waals surface area contributed by atoms with Crippen LogP contribution in [0.25, 0.3) is 0 Å². The van der Waals surface area contributed by atoms with E-state index in [4.69, 9.17) is 23.7 Å². The third-order valence-corrected chi connectivity index (χ3v) is 2.41. The minimum atomic E-state index is 0.276. The second-order valence-corrected chi connectivity index (χ2v) is 4.66. The van der Waals surface area contributed by atoms with Crippen LogP contribution in [-0.4, -0.2) is 65.6 Å². The van der Waals surface area contributed by atoms with Crippen LogP contribution in [-0.2, 0) is 23.7 Å². The Labute approximate surface area is 123 Å². The van der Waals surface area contributed by atoms with Crippen molar-refractivity contribution in [2.75, 3.05) is 59.5 Å². The Kier molecular flexibility index (Phi) is 16.7. The highest BCUT2D eigenvalue weighted by molar-refractivity contribution is 4.40. The van der Waals surface area contributed by atoms with Gasteiger partial charge in [0, 0.05) is 33.0 Å². The normalized spacial score (nSPS) is 11.4. The molecule has 0 aliphatic rings. The molecule has 0 spiro atoms. The minimum absolute atomic E-state index is 0.276. The fourth-order valence-corrected chi connectivity index (χ4v) is 1.44. The molecule has 0 saturated carbocycles. The summed E-state index contributed by atoms with van der Waals surface area (Å²) in [6, 6.07) is 0. The van der Waals surface area contributed by atoms with Crippen LogP contribution in [0.5, 0.6) is 0 Å². The van der Waals surface area contributed by atoms with Crippen LogP contribution in [0.2, 0.25) is 0 Å². The second kappa shape index (κ2) is 16.9. The Morgan fingerprint density at radius 3 is 1.55 bits per heavy atom. The first-order valence-electron chi connectivity index (χ1n) is 7.70. The van der Waals surface area contributed by atoms with Gasteiger partial charge >= 0.3 is 0 Å². The first-order chi connectivity index (χ1) is 9.77. The maximum atomic E-state index is 5.48. The van der Waals surface area contributed by atoms with Crippen LogP contribution in [0.15, 0.2) is 0 Å². The van der Waals surface area contributed by atoms with Crippen LogP contribution < -0.4 is 0 Å². The number of hydrogen-bond acceptors (Lipinski definition) is 5. The summed E-state index contributed by atoms with van der Waals surface area (Å²) in [5.41, 5.74) is 0. The second-order valence-electron chi connectivity index (χ2n) is 4.66. The van der Waals surface area contributed by atoms with Gasteiger partial charge in [-0.25, -0.2) is 0 Å². The Bertz CT molecular complexity index is 176. The zero-order valence-electron chi connectivity index (χ0n) is 13.4. The van der Waals surface area contributed by atoms with Crippen molar-refractivity contribution in [3.63, 3.8) is 0 Å². The lowest BCUT2D eigenvalue weighted by Crippen LogP contribution is -2.11. The topological polar surface area (TPSA) is 46.2 Å². The summed E-state index contributed by atoms with van der Waals surface area (Å²) >= 11 is 0. The van der Waals surface area contributed by atoms with Crippen LogP contribution in [0.4, 0.5) is 0 Å². The predicted molar refractivity (Wildman–Crippen MR) is 79.3 cm³/mol. The molecule has 0 atom stereocenters. The SMILES string of the molecule is CCOCCOCCCOCCCOCCOC(C)C. The maximum Gasteiger partial charge on any atom is 0.0703 e. The Morgan fingerprint density at radius 1 is 0.600 bits per heavy atom. The Hall–Kier alpha value is -0.200. The zero-order valence-corrected chi connectivity index (χ0v) is 13.4. The van der Waals surface area contributed by atoms with Crippen molar-refractivity contribution >= 4 is 0 Å². The number of ether oxygens (including phenoxy) is 5. The van der Waals surface area contributed by atoms with Gasteiger partial charge in [-0.05, 0) is 33.6 Å². The van der Waals surface area contributed by atoms with Gasteiger partial charge in [0.05, 0.1) is 32.5 Å². The van der Waals surface area contributed by atoms with Gasteiger partial charge in [-0.2, -0.15) is 0 Å². The van der Waals surface area contributed by atoms with Gasteiger partial charge in [0.25, 0.3) is 0 Å². The minimum Gasteiger partial charge on any atom is -0.381 e. The quantitative estimate of drug-likeness (QED) is 0.408. The molecule has 0 saturated heterocycles. The summed E-state index contributed by atoms with van der Waals surface area (Å²) in [6.45, 7) is 12.4. The van der Waals surface area contributed by atoms with Crippen molar-refractivity contribution in [3.8, 4) is 0 Å². The van der Waals surface area contributed by atoms with Gasteiger partial charge in [0.1, 0.15) is 0 Å². The van der Waals surface area contributed by atoms with Crippen LogP contribution in [0, 0.1) is 0 Å². The van der Waals surface area contributed by atoms with Gasteiger partial charge in [-0.15, -0.1) is 0 Å². The van der Waals surface area contributed by atoms with E-state index in [0.29, 0.717) is 26.4 Å². The third-order valence-electron chi connectivity index (χ3n) is 2.41. The van der Waals surface area contributed by atoms with Crippen molar-refractivity contribution < 1.29 is 23.7 Å². The van der Waals surface area contributed by atoms with E-state index in [-0.39, 0.29) is 6.10 Å². The first-order valence-corrected chi connectivity index (χ1v) is 7.70. The fourth-order valence-electron chi connectivity index (χ4n) is 1.44. The van der Waals surface area contributed by atoms with E-state index in [1.165, 1.54) is 0 Å². The smallest absolute Gasteiger partial charge is 0.0703 e. The van der Waals surface area contributed by atoms with Crippen LogP contribution in [0.3, 0.4) is 0 Å². The van der Waals surface area contributed by atoms with Gasteiger partial charge in [-0.1, -0.05) is 0 Å². The molecule has 0 amide bonds.